The van der Waals surface area contributed by atoms with Gasteiger partial charge < -0.3 is 4.74 Å². The molecular weight excluding hydrogens is 412 g/mol. The van der Waals surface area contributed by atoms with Gasteiger partial charge in [0.15, 0.2) is 0 Å². The Morgan fingerprint density at radius 2 is 0.939 bits per heavy atom. The van der Waals surface area contributed by atoms with Gasteiger partial charge in [0.05, 0.1) is 33.2 Å². The molecule has 0 aliphatic carbocycles. The Bertz CT molecular complexity index is 1610. The van der Waals surface area contributed by atoms with Crippen LogP contribution in [0.3, 0.4) is 0 Å². The van der Waals surface area contributed by atoms with Gasteiger partial charge in [-0.1, -0.05) is 48.5 Å². The van der Waals surface area contributed by atoms with Crippen LogP contribution in [0, 0.1) is 0 Å². The second-order valence-corrected chi connectivity index (χ2v) is 7.78. The Labute approximate surface area is 188 Å². The number of esters is 2. The molecule has 0 bridgehead atoms. The van der Waals surface area contributed by atoms with E-state index in [9.17, 15) is 9.59 Å². The zero-order valence-corrected chi connectivity index (χ0v) is 17.4. The summed E-state index contributed by atoms with van der Waals surface area (Å²) in [5.41, 5.74) is 3.59. The van der Waals surface area contributed by atoms with Crippen LogP contribution in [-0.4, -0.2) is 21.9 Å². The highest BCUT2D eigenvalue weighted by Gasteiger charge is 2.20. The van der Waals surface area contributed by atoms with Gasteiger partial charge in [-0.3, -0.25) is 0 Å². The van der Waals surface area contributed by atoms with E-state index in [0.717, 1.165) is 21.8 Å². The van der Waals surface area contributed by atoms with Crippen molar-refractivity contribution in [1.29, 1.82) is 0 Å². The third kappa shape index (κ3) is 3.27. The van der Waals surface area contributed by atoms with Gasteiger partial charge in [-0.05, 0) is 48.5 Å². The predicted molar refractivity (Wildman–Crippen MR) is 128 cm³/mol. The van der Waals surface area contributed by atoms with E-state index in [1.165, 1.54) is 0 Å². The Morgan fingerprint density at radius 1 is 0.515 bits per heavy atom. The summed E-state index contributed by atoms with van der Waals surface area (Å²) in [5, 5.41) is 3.09. The van der Waals surface area contributed by atoms with E-state index in [1.54, 1.807) is 24.3 Å². The standard InChI is InChI=1S/C28H16N2O3/c31-27(19-9-5-13-25-21(19)15-17-7-1-3-11-23(17)29-25)33-28(32)20-10-6-14-26-22(20)16-18-8-2-4-12-24(18)30-26/h1-16H. The molecule has 4 aromatic carbocycles. The van der Waals surface area contributed by atoms with Gasteiger partial charge in [-0.2, -0.15) is 0 Å². The van der Waals surface area contributed by atoms with Crippen LogP contribution >= 0.6 is 0 Å². The number of ether oxygens (including phenoxy) is 1. The molecule has 0 atom stereocenters. The van der Waals surface area contributed by atoms with Crippen LogP contribution in [0.2, 0.25) is 0 Å². The van der Waals surface area contributed by atoms with Gasteiger partial charge in [0.1, 0.15) is 0 Å². The molecule has 0 N–H and O–H groups in total. The third-order valence-corrected chi connectivity index (χ3v) is 5.75. The zero-order chi connectivity index (χ0) is 22.4. The second kappa shape index (κ2) is 7.50. The lowest BCUT2D eigenvalue weighted by molar-refractivity contribution is 0.0400. The summed E-state index contributed by atoms with van der Waals surface area (Å²) in [6, 6.07) is 29.6. The molecule has 0 saturated carbocycles. The van der Waals surface area contributed by atoms with Gasteiger partial charge >= 0.3 is 11.9 Å². The lowest BCUT2D eigenvalue weighted by atomic mass is 10.0. The lowest BCUT2D eigenvalue weighted by Gasteiger charge is -2.09. The Balaban J connectivity index is 1.40. The molecule has 0 spiro atoms. The number of para-hydroxylation sites is 2. The largest absolute Gasteiger partial charge is 0.386 e. The number of pyridine rings is 2. The summed E-state index contributed by atoms with van der Waals surface area (Å²) < 4.78 is 5.33. The quantitative estimate of drug-likeness (QED) is 0.190. The fraction of sp³-hybridized carbons (Fsp3) is 0. The van der Waals surface area contributed by atoms with Gasteiger partial charge in [-0.25, -0.2) is 19.6 Å². The molecule has 2 aromatic heterocycles. The van der Waals surface area contributed by atoms with Crippen LogP contribution < -0.4 is 0 Å². The van der Waals surface area contributed by atoms with Crippen LogP contribution in [-0.2, 0) is 4.74 Å². The van der Waals surface area contributed by atoms with Crippen LogP contribution in [0.5, 0.6) is 0 Å². The summed E-state index contributed by atoms with van der Waals surface area (Å²) in [6.45, 7) is 0. The number of hydrogen-bond donors (Lipinski definition) is 0. The maximum Gasteiger partial charge on any atom is 0.346 e. The van der Waals surface area contributed by atoms with Crippen LogP contribution in [0.4, 0.5) is 0 Å². The van der Waals surface area contributed by atoms with Gasteiger partial charge in [0.2, 0.25) is 0 Å². The average molecular weight is 428 g/mol. The minimum absolute atomic E-state index is 0.294. The van der Waals surface area contributed by atoms with Crippen molar-refractivity contribution in [1.82, 2.24) is 9.97 Å². The number of carbonyl (C=O) groups excluding carboxylic acids is 2. The summed E-state index contributed by atoms with van der Waals surface area (Å²) in [4.78, 5) is 35.3. The summed E-state index contributed by atoms with van der Waals surface area (Å²) in [6.07, 6.45) is 0. The van der Waals surface area contributed by atoms with E-state index < -0.39 is 11.9 Å². The van der Waals surface area contributed by atoms with Gasteiger partial charge in [0.25, 0.3) is 0 Å². The topological polar surface area (TPSA) is 69.2 Å². The number of rotatable bonds is 2. The molecule has 0 aliphatic heterocycles. The fourth-order valence-corrected chi connectivity index (χ4v) is 4.15. The van der Waals surface area contributed by atoms with Crippen molar-refractivity contribution >= 4 is 55.6 Å². The molecule has 6 aromatic rings. The van der Waals surface area contributed by atoms with E-state index in [2.05, 4.69) is 9.97 Å². The number of hydrogen-bond acceptors (Lipinski definition) is 5. The summed E-state index contributed by atoms with van der Waals surface area (Å²) in [5.74, 6) is -1.43. The van der Waals surface area contributed by atoms with Crippen molar-refractivity contribution in [2.45, 2.75) is 0 Å². The number of nitrogens with zero attached hydrogens (tertiary/aromatic N) is 2. The molecule has 5 heteroatoms. The summed E-state index contributed by atoms with van der Waals surface area (Å²) >= 11 is 0. The van der Waals surface area contributed by atoms with Crippen molar-refractivity contribution < 1.29 is 14.3 Å². The van der Waals surface area contributed by atoms with Crippen molar-refractivity contribution in [3.8, 4) is 0 Å². The van der Waals surface area contributed by atoms with Gasteiger partial charge in [-0.15, -0.1) is 0 Å². The Morgan fingerprint density at radius 3 is 1.42 bits per heavy atom. The van der Waals surface area contributed by atoms with Crippen molar-refractivity contribution in [2.75, 3.05) is 0 Å². The molecule has 5 nitrogen and oxygen atoms in total. The first kappa shape index (κ1) is 19.1. The first-order valence-electron chi connectivity index (χ1n) is 10.5. The Hall–Kier alpha value is -4.64. The fourth-order valence-electron chi connectivity index (χ4n) is 4.15. The van der Waals surface area contributed by atoms with Crippen LogP contribution in [0.1, 0.15) is 20.7 Å². The molecular formula is C28H16N2O3. The second-order valence-electron chi connectivity index (χ2n) is 7.78. The maximum absolute atomic E-state index is 13.0. The SMILES string of the molecule is O=C(OC(=O)c1cccc2nc3ccccc3cc12)c1cccc2nc3ccccc3cc12. The Kier molecular flexibility index (Phi) is 4.33. The molecule has 6 rings (SSSR count). The molecule has 0 saturated heterocycles. The summed E-state index contributed by atoms with van der Waals surface area (Å²) in [7, 11) is 0. The van der Waals surface area contributed by atoms with Gasteiger partial charge in [0, 0.05) is 21.5 Å². The highest BCUT2D eigenvalue weighted by atomic mass is 16.6. The maximum atomic E-state index is 13.0. The van der Waals surface area contributed by atoms with Crippen LogP contribution in [0.15, 0.2) is 97.1 Å². The number of aromatic nitrogens is 2. The normalized spacial score (nSPS) is 11.3. The minimum Gasteiger partial charge on any atom is -0.386 e. The molecule has 0 radical (unpaired) electrons. The molecule has 156 valence electrons. The van der Waals surface area contributed by atoms with E-state index in [4.69, 9.17) is 4.74 Å². The van der Waals surface area contributed by atoms with E-state index in [0.29, 0.717) is 32.9 Å². The molecule has 2 heterocycles. The molecule has 33 heavy (non-hydrogen) atoms. The number of fused-ring (bicyclic) bond motifs is 4. The lowest BCUT2D eigenvalue weighted by Crippen LogP contribution is -2.14. The zero-order valence-electron chi connectivity index (χ0n) is 17.4. The molecule has 0 unspecified atom stereocenters. The third-order valence-electron chi connectivity index (χ3n) is 5.75. The first-order valence-corrected chi connectivity index (χ1v) is 10.5. The van der Waals surface area contributed by atoms with E-state index in [1.807, 2.05) is 72.8 Å². The molecule has 0 aliphatic rings. The number of benzene rings is 4. The molecule has 0 fully saturated rings. The van der Waals surface area contributed by atoms with Crippen molar-refractivity contribution in [3.63, 3.8) is 0 Å². The highest BCUT2D eigenvalue weighted by Crippen LogP contribution is 2.26. The van der Waals surface area contributed by atoms with E-state index in [-0.39, 0.29) is 0 Å². The van der Waals surface area contributed by atoms with E-state index >= 15 is 0 Å². The van der Waals surface area contributed by atoms with Crippen molar-refractivity contribution in [3.05, 3.63) is 108 Å². The van der Waals surface area contributed by atoms with Crippen molar-refractivity contribution in [2.24, 2.45) is 0 Å². The van der Waals surface area contributed by atoms with Crippen LogP contribution in [0.25, 0.3) is 43.6 Å². The first-order chi connectivity index (χ1) is 16.2. The average Bonchev–Trinajstić information content (AvgIpc) is 2.85. The monoisotopic (exact) mass is 428 g/mol. The highest BCUT2D eigenvalue weighted by molar-refractivity contribution is 6.14. The minimum atomic E-state index is -0.714. The molecule has 0 amide bonds. The number of carbonyl (C=O) groups is 2. The smallest absolute Gasteiger partial charge is 0.346 e. The predicted octanol–water partition coefficient (Wildman–Crippen LogP) is 6.09.